The Morgan fingerprint density at radius 2 is 2.00 bits per heavy atom. The second-order valence-corrected chi connectivity index (χ2v) is 7.44. The van der Waals surface area contributed by atoms with Crippen LogP contribution in [0.2, 0.25) is 0 Å². The number of benzene rings is 1. The van der Waals surface area contributed by atoms with E-state index in [0.29, 0.717) is 53.2 Å². The summed E-state index contributed by atoms with van der Waals surface area (Å²) in [5.74, 6) is -0.0450. The molecule has 0 saturated carbocycles. The van der Waals surface area contributed by atoms with E-state index in [2.05, 4.69) is 15.1 Å². The van der Waals surface area contributed by atoms with Crippen LogP contribution in [0.15, 0.2) is 67.1 Å². The summed E-state index contributed by atoms with van der Waals surface area (Å²) in [6.45, 7) is 1.12. The molecule has 9 nitrogen and oxygen atoms in total. The van der Waals surface area contributed by atoms with Gasteiger partial charge in [-0.15, -0.1) is 0 Å². The molecule has 3 aromatic heterocycles. The van der Waals surface area contributed by atoms with E-state index >= 15 is 0 Å². The number of morpholine rings is 1. The van der Waals surface area contributed by atoms with Gasteiger partial charge in [-0.1, -0.05) is 18.2 Å². The van der Waals surface area contributed by atoms with Crippen molar-refractivity contribution in [2.75, 3.05) is 19.7 Å². The zero-order valence-electron chi connectivity index (χ0n) is 17.1. The molecule has 4 aromatic rings. The van der Waals surface area contributed by atoms with Crippen LogP contribution < -0.4 is 5.73 Å². The van der Waals surface area contributed by atoms with Crippen molar-refractivity contribution in [3.63, 3.8) is 0 Å². The van der Waals surface area contributed by atoms with Crippen LogP contribution in [0.3, 0.4) is 0 Å². The molecule has 32 heavy (non-hydrogen) atoms. The molecule has 0 spiro atoms. The molecule has 0 unspecified atom stereocenters. The topological polar surface area (TPSA) is 116 Å². The molecule has 1 atom stereocenters. The van der Waals surface area contributed by atoms with Gasteiger partial charge < -0.3 is 15.4 Å². The number of hydrogen-bond acceptors (Lipinski definition) is 6. The molecule has 1 saturated heterocycles. The highest BCUT2D eigenvalue weighted by Gasteiger charge is 2.28. The molecule has 0 aliphatic carbocycles. The molecule has 1 aliphatic rings. The van der Waals surface area contributed by atoms with Crippen LogP contribution in [-0.4, -0.2) is 56.2 Å². The highest BCUT2D eigenvalue weighted by Crippen LogP contribution is 2.26. The van der Waals surface area contributed by atoms with Gasteiger partial charge in [0.25, 0.3) is 5.91 Å². The van der Waals surface area contributed by atoms with Gasteiger partial charge >= 0.3 is 0 Å². The van der Waals surface area contributed by atoms with Crippen molar-refractivity contribution in [2.45, 2.75) is 6.10 Å². The molecule has 0 bridgehead atoms. The molecule has 9 heteroatoms. The van der Waals surface area contributed by atoms with Crippen molar-refractivity contribution in [1.29, 1.82) is 0 Å². The van der Waals surface area contributed by atoms with Crippen molar-refractivity contribution in [2.24, 2.45) is 5.73 Å². The summed E-state index contributed by atoms with van der Waals surface area (Å²) < 4.78 is 7.52. The number of amides is 2. The zero-order valence-corrected chi connectivity index (χ0v) is 17.1. The number of pyridine rings is 2. The fraction of sp³-hybridized carbons (Fsp3) is 0.174. The summed E-state index contributed by atoms with van der Waals surface area (Å²) in [6.07, 6.45) is 4.53. The smallest absolute Gasteiger partial charge is 0.255 e. The lowest BCUT2D eigenvalue weighted by Gasteiger charge is -2.33. The highest BCUT2D eigenvalue weighted by molar-refractivity contribution is 6.05. The van der Waals surface area contributed by atoms with Gasteiger partial charge in [0, 0.05) is 30.5 Å². The maximum Gasteiger partial charge on any atom is 0.255 e. The molecule has 4 heterocycles. The Hall–Kier alpha value is -4.11. The average Bonchev–Trinajstić information content (AvgIpc) is 3.38. The number of carbonyl (C=O) groups excluding carboxylic acids is 2. The first-order chi connectivity index (χ1) is 15.6. The third-order valence-corrected chi connectivity index (χ3v) is 5.42. The normalized spacial score (nSPS) is 16.2. The molecular formula is C23H20N6O3. The Morgan fingerprint density at radius 1 is 1.12 bits per heavy atom. The fourth-order valence-electron chi connectivity index (χ4n) is 3.81. The SMILES string of the molecule is NC(=O)c1cc([C@@H]2CN(C(=O)c3ccc(-n4cccn4)nc3)CCO2)nc2ccccc12. The van der Waals surface area contributed by atoms with Gasteiger partial charge in [0.2, 0.25) is 5.91 Å². The zero-order chi connectivity index (χ0) is 22.1. The summed E-state index contributed by atoms with van der Waals surface area (Å²) in [6, 6.07) is 14.3. The molecule has 1 aromatic carbocycles. The maximum atomic E-state index is 13.1. The Balaban J connectivity index is 1.39. The summed E-state index contributed by atoms with van der Waals surface area (Å²) in [4.78, 5) is 35.8. The van der Waals surface area contributed by atoms with E-state index in [4.69, 9.17) is 10.5 Å². The molecular weight excluding hydrogens is 408 g/mol. The van der Waals surface area contributed by atoms with Crippen molar-refractivity contribution in [1.82, 2.24) is 24.6 Å². The first kappa shape index (κ1) is 19.8. The van der Waals surface area contributed by atoms with Gasteiger partial charge in [0.05, 0.1) is 35.5 Å². The lowest BCUT2D eigenvalue weighted by atomic mass is 10.0. The van der Waals surface area contributed by atoms with Crippen LogP contribution in [0, 0.1) is 0 Å². The fourth-order valence-corrected chi connectivity index (χ4v) is 3.81. The van der Waals surface area contributed by atoms with Crippen LogP contribution in [0.25, 0.3) is 16.7 Å². The molecule has 2 N–H and O–H groups in total. The second-order valence-electron chi connectivity index (χ2n) is 7.44. The van der Waals surface area contributed by atoms with E-state index in [0.717, 1.165) is 0 Å². The van der Waals surface area contributed by atoms with Gasteiger partial charge in [-0.05, 0) is 30.3 Å². The third-order valence-electron chi connectivity index (χ3n) is 5.42. The van der Waals surface area contributed by atoms with Crippen LogP contribution in [-0.2, 0) is 4.74 Å². The minimum atomic E-state index is -0.531. The molecule has 0 radical (unpaired) electrons. The van der Waals surface area contributed by atoms with E-state index in [9.17, 15) is 9.59 Å². The number of carbonyl (C=O) groups is 2. The predicted molar refractivity (Wildman–Crippen MR) is 116 cm³/mol. The molecule has 1 aliphatic heterocycles. The number of rotatable bonds is 4. The van der Waals surface area contributed by atoms with Crippen LogP contribution >= 0.6 is 0 Å². The number of hydrogen-bond donors (Lipinski definition) is 1. The number of fused-ring (bicyclic) bond motifs is 1. The van der Waals surface area contributed by atoms with Gasteiger partial charge in [-0.2, -0.15) is 5.10 Å². The van der Waals surface area contributed by atoms with Crippen molar-refractivity contribution < 1.29 is 14.3 Å². The predicted octanol–water partition coefficient (Wildman–Crippen LogP) is 2.13. The molecule has 2 amide bonds. The van der Waals surface area contributed by atoms with E-state index in [-0.39, 0.29) is 5.91 Å². The summed E-state index contributed by atoms with van der Waals surface area (Å²) >= 11 is 0. The van der Waals surface area contributed by atoms with Crippen LogP contribution in [0.4, 0.5) is 0 Å². The summed E-state index contributed by atoms with van der Waals surface area (Å²) in [5, 5.41) is 4.83. The number of primary amides is 1. The van der Waals surface area contributed by atoms with E-state index in [1.54, 1.807) is 52.4 Å². The van der Waals surface area contributed by atoms with Crippen LogP contribution in [0.1, 0.15) is 32.5 Å². The molecule has 5 rings (SSSR count). The van der Waals surface area contributed by atoms with Gasteiger partial charge in [0.15, 0.2) is 5.82 Å². The van der Waals surface area contributed by atoms with Gasteiger partial charge in [-0.25, -0.2) is 14.6 Å². The Bertz CT molecular complexity index is 1290. The van der Waals surface area contributed by atoms with Crippen molar-refractivity contribution >= 4 is 22.7 Å². The largest absolute Gasteiger partial charge is 0.368 e. The van der Waals surface area contributed by atoms with Crippen molar-refractivity contribution in [3.05, 3.63) is 83.9 Å². The number of para-hydroxylation sites is 1. The Labute approximate surface area is 183 Å². The Kier molecular flexibility index (Phi) is 5.08. The Morgan fingerprint density at radius 3 is 2.75 bits per heavy atom. The van der Waals surface area contributed by atoms with Gasteiger partial charge in [-0.3, -0.25) is 9.59 Å². The summed E-state index contributed by atoms with van der Waals surface area (Å²) in [5.41, 5.74) is 7.68. The third kappa shape index (κ3) is 3.69. The van der Waals surface area contributed by atoms with E-state index < -0.39 is 12.0 Å². The van der Waals surface area contributed by atoms with E-state index in [1.807, 2.05) is 24.3 Å². The second kappa shape index (κ2) is 8.20. The number of nitrogens with two attached hydrogens (primary N) is 1. The first-order valence-electron chi connectivity index (χ1n) is 10.2. The van der Waals surface area contributed by atoms with E-state index in [1.165, 1.54) is 0 Å². The van der Waals surface area contributed by atoms with Crippen molar-refractivity contribution in [3.8, 4) is 5.82 Å². The quantitative estimate of drug-likeness (QED) is 0.532. The average molecular weight is 428 g/mol. The highest BCUT2D eigenvalue weighted by atomic mass is 16.5. The molecule has 1 fully saturated rings. The lowest BCUT2D eigenvalue weighted by molar-refractivity contribution is -0.0246. The first-order valence-corrected chi connectivity index (χ1v) is 10.2. The standard InChI is InChI=1S/C23H20N6O3/c24-22(30)17-12-19(27-18-5-2-1-4-16(17)18)20-14-28(10-11-32-20)23(31)15-6-7-21(25-13-15)29-9-3-8-26-29/h1-9,12-13,20H,10-11,14H2,(H2,24,30)/t20-/m0/s1. The monoisotopic (exact) mass is 428 g/mol. The minimum Gasteiger partial charge on any atom is -0.368 e. The number of ether oxygens (including phenoxy) is 1. The number of aromatic nitrogens is 4. The number of nitrogens with zero attached hydrogens (tertiary/aromatic N) is 5. The maximum absolute atomic E-state index is 13.1. The lowest BCUT2D eigenvalue weighted by Crippen LogP contribution is -2.42. The summed E-state index contributed by atoms with van der Waals surface area (Å²) in [7, 11) is 0. The minimum absolute atomic E-state index is 0.145. The molecule has 160 valence electrons. The van der Waals surface area contributed by atoms with Gasteiger partial charge in [0.1, 0.15) is 6.10 Å². The van der Waals surface area contributed by atoms with Crippen LogP contribution in [0.5, 0.6) is 0 Å².